The SMILES string of the molecule is c1ccc(N(c2ccc(N3CCN(c4ccc(N(c5ccccc5)c5ccc6ccccc6c5)cc4)c4ncncc43)cc2)c2ccc3ccccc3c2)cc1. The molecule has 56 heavy (non-hydrogen) atoms. The number of para-hydroxylation sites is 2. The van der Waals surface area contributed by atoms with Gasteiger partial charge in [-0.05, 0) is 119 Å². The van der Waals surface area contributed by atoms with Crippen LogP contribution in [0.2, 0.25) is 0 Å². The van der Waals surface area contributed by atoms with E-state index in [0.29, 0.717) is 0 Å². The number of rotatable bonds is 8. The molecule has 0 amide bonds. The van der Waals surface area contributed by atoms with Crippen LogP contribution in [0.25, 0.3) is 21.5 Å². The summed E-state index contributed by atoms with van der Waals surface area (Å²) in [4.78, 5) is 18.6. The molecular formula is C50H38N6. The summed E-state index contributed by atoms with van der Waals surface area (Å²) >= 11 is 0. The first-order valence-corrected chi connectivity index (χ1v) is 19.0. The molecule has 10 rings (SSSR count). The Bertz CT molecular complexity index is 2580. The molecule has 0 saturated carbocycles. The van der Waals surface area contributed by atoms with Gasteiger partial charge in [0.05, 0.1) is 6.20 Å². The average molecular weight is 723 g/mol. The number of benzene rings is 8. The predicted octanol–water partition coefficient (Wildman–Crippen LogP) is 13.0. The van der Waals surface area contributed by atoms with E-state index in [1.165, 1.54) is 21.5 Å². The first-order chi connectivity index (χ1) is 27.8. The Labute approximate surface area is 326 Å². The van der Waals surface area contributed by atoms with Gasteiger partial charge in [0.15, 0.2) is 5.82 Å². The van der Waals surface area contributed by atoms with Crippen LogP contribution in [0.1, 0.15) is 0 Å². The van der Waals surface area contributed by atoms with E-state index in [9.17, 15) is 0 Å². The van der Waals surface area contributed by atoms with Crippen molar-refractivity contribution in [1.29, 1.82) is 0 Å². The maximum Gasteiger partial charge on any atom is 0.160 e. The Hall–Kier alpha value is -7.44. The van der Waals surface area contributed by atoms with Crippen LogP contribution in [0.15, 0.2) is 207 Å². The van der Waals surface area contributed by atoms with E-state index in [-0.39, 0.29) is 0 Å². The van der Waals surface area contributed by atoms with Crippen molar-refractivity contribution in [3.05, 3.63) is 207 Å². The topological polar surface area (TPSA) is 38.7 Å². The van der Waals surface area contributed by atoms with Gasteiger partial charge in [-0.25, -0.2) is 9.97 Å². The summed E-state index contributed by atoms with van der Waals surface area (Å²) in [5.74, 6) is 0.889. The van der Waals surface area contributed by atoms with Crippen molar-refractivity contribution in [3.63, 3.8) is 0 Å². The lowest BCUT2D eigenvalue weighted by Gasteiger charge is -2.38. The van der Waals surface area contributed by atoms with Gasteiger partial charge in [0, 0.05) is 58.6 Å². The van der Waals surface area contributed by atoms with Crippen LogP contribution in [0.4, 0.5) is 57.0 Å². The summed E-state index contributed by atoms with van der Waals surface area (Å²) in [5, 5.41) is 4.88. The van der Waals surface area contributed by atoms with E-state index in [1.807, 2.05) is 6.20 Å². The Morgan fingerprint density at radius 2 is 0.786 bits per heavy atom. The fraction of sp³-hybridized carbons (Fsp3) is 0.0400. The molecule has 2 heterocycles. The molecular weight excluding hydrogens is 685 g/mol. The molecule has 268 valence electrons. The maximum absolute atomic E-state index is 4.84. The Kier molecular flexibility index (Phi) is 8.54. The first kappa shape index (κ1) is 33.2. The maximum atomic E-state index is 4.84. The predicted molar refractivity (Wildman–Crippen MR) is 233 cm³/mol. The van der Waals surface area contributed by atoms with Gasteiger partial charge in [0.25, 0.3) is 0 Å². The third-order valence-corrected chi connectivity index (χ3v) is 10.6. The third-order valence-electron chi connectivity index (χ3n) is 10.6. The second kappa shape index (κ2) is 14.4. The van der Waals surface area contributed by atoms with Crippen molar-refractivity contribution in [2.75, 3.05) is 32.7 Å². The normalized spacial score (nSPS) is 12.4. The molecule has 0 radical (unpaired) electrons. The number of fused-ring (bicyclic) bond motifs is 3. The summed E-state index contributed by atoms with van der Waals surface area (Å²) in [6.07, 6.45) is 3.57. The van der Waals surface area contributed by atoms with Crippen LogP contribution in [-0.2, 0) is 0 Å². The van der Waals surface area contributed by atoms with E-state index < -0.39 is 0 Å². The van der Waals surface area contributed by atoms with Crippen LogP contribution in [0, 0.1) is 0 Å². The van der Waals surface area contributed by atoms with E-state index in [1.54, 1.807) is 6.33 Å². The van der Waals surface area contributed by atoms with Crippen LogP contribution in [0.5, 0.6) is 0 Å². The third kappa shape index (κ3) is 6.23. The molecule has 0 fully saturated rings. The molecule has 1 aliphatic rings. The van der Waals surface area contributed by atoms with Gasteiger partial charge in [-0.3, -0.25) is 0 Å². The van der Waals surface area contributed by atoms with E-state index in [0.717, 1.165) is 70.1 Å². The van der Waals surface area contributed by atoms with Crippen LogP contribution >= 0.6 is 0 Å². The number of aromatic nitrogens is 2. The molecule has 6 nitrogen and oxygen atoms in total. The Morgan fingerprint density at radius 3 is 1.30 bits per heavy atom. The molecule has 0 bridgehead atoms. The molecule has 0 spiro atoms. The quantitative estimate of drug-likeness (QED) is 0.155. The minimum absolute atomic E-state index is 0.769. The number of anilines is 10. The first-order valence-electron chi connectivity index (χ1n) is 19.0. The van der Waals surface area contributed by atoms with Gasteiger partial charge < -0.3 is 19.6 Å². The van der Waals surface area contributed by atoms with Gasteiger partial charge in [-0.15, -0.1) is 0 Å². The number of hydrogen-bond donors (Lipinski definition) is 0. The van der Waals surface area contributed by atoms with Crippen LogP contribution in [0.3, 0.4) is 0 Å². The zero-order chi connectivity index (χ0) is 37.3. The lowest BCUT2D eigenvalue weighted by Crippen LogP contribution is -2.37. The highest BCUT2D eigenvalue weighted by Gasteiger charge is 2.27. The van der Waals surface area contributed by atoms with Gasteiger partial charge in [0.1, 0.15) is 12.0 Å². The molecule has 1 aliphatic heterocycles. The molecule has 0 aliphatic carbocycles. The monoisotopic (exact) mass is 722 g/mol. The number of nitrogens with zero attached hydrogens (tertiary/aromatic N) is 6. The van der Waals surface area contributed by atoms with Crippen molar-refractivity contribution in [1.82, 2.24) is 9.97 Å². The number of hydrogen-bond acceptors (Lipinski definition) is 6. The van der Waals surface area contributed by atoms with Gasteiger partial charge in [0.2, 0.25) is 0 Å². The van der Waals surface area contributed by atoms with Crippen LogP contribution in [-0.4, -0.2) is 23.1 Å². The molecule has 0 saturated heterocycles. The molecule has 1 aromatic heterocycles. The summed E-state index contributed by atoms with van der Waals surface area (Å²) in [6, 6.07) is 69.1. The van der Waals surface area contributed by atoms with Crippen molar-refractivity contribution in [2.45, 2.75) is 0 Å². The summed E-state index contributed by atoms with van der Waals surface area (Å²) in [5.41, 5.74) is 9.79. The highest BCUT2D eigenvalue weighted by Crippen LogP contribution is 2.43. The lowest BCUT2D eigenvalue weighted by molar-refractivity contribution is 0.825. The molecule has 0 atom stereocenters. The average Bonchev–Trinajstić information content (AvgIpc) is 3.27. The second-order valence-corrected chi connectivity index (χ2v) is 14.0. The standard InChI is InChI=1S/C50H38N6/c1-3-15-43(16-4-1)55(47-21-19-37-11-7-9-13-39(37)33-47)45-27-23-41(24-28-45)53-31-32-54(50-49(53)35-51-36-52-50)42-25-29-46(30-26-42)56(44-17-5-2-6-18-44)48-22-20-38-12-8-10-14-40(38)34-48/h1-30,33-36H,31-32H2. The Balaban J connectivity index is 0.948. The summed E-state index contributed by atoms with van der Waals surface area (Å²) in [6.45, 7) is 1.55. The van der Waals surface area contributed by atoms with Gasteiger partial charge in [-0.1, -0.05) is 97.1 Å². The minimum Gasteiger partial charge on any atom is -0.335 e. The van der Waals surface area contributed by atoms with Crippen molar-refractivity contribution < 1.29 is 0 Å². The van der Waals surface area contributed by atoms with E-state index in [4.69, 9.17) is 4.98 Å². The summed E-state index contributed by atoms with van der Waals surface area (Å²) < 4.78 is 0. The van der Waals surface area contributed by atoms with E-state index >= 15 is 0 Å². The fourth-order valence-electron chi connectivity index (χ4n) is 7.90. The van der Waals surface area contributed by atoms with Crippen molar-refractivity contribution in [2.24, 2.45) is 0 Å². The molecule has 6 heteroatoms. The highest BCUT2D eigenvalue weighted by molar-refractivity contribution is 5.91. The fourth-order valence-corrected chi connectivity index (χ4v) is 7.90. The van der Waals surface area contributed by atoms with Gasteiger partial charge in [-0.2, -0.15) is 0 Å². The lowest BCUT2D eigenvalue weighted by atomic mass is 10.1. The van der Waals surface area contributed by atoms with Crippen molar-refractivity contribution >= 4 is 78.5 Å². The molecule has 8 aromatic carbocycles. The molecule has 0 N–H and O–H groups in total. The minimum atomic E-state index is 0.769. The molecule has 9 aromatic rings. The van der Waals surface area contributed by atoms with Gasteiger partial charge >= 0.3 is 0 Å². The smallest absolute Gasteiger partial charge is 0.160 e. The Morgan fingerprint density at radius 1 is 0.375 bits per heavy atom. The van der Waals surface area contributed by atoms with E-state index in [2.05, 4.69) is 219 Å². The van der Waals surface area contributed by atoms with Crippen molar-refractivity contribution in [3.8, 4) is 0 Å². The van der Waals surface area contributed by atoms with Crippen LogP contribution < -0.4 is 19.6 Å². The zero-order valence-corrected chi connectivity index (χ0v) is 30.7. The molecule has 0 unspecified atom stereocenters. The summed E-state index contributed by atoms with van der Waals surface area (Å²) in [7, 11) is 0. The zero-order valence-electron chi connectivity index (χ0n) is 30.7. The largest absolute Gasteiger partial charge is 0.335 e. The second-order valence-electron chi connectivity index (χ2n) is 14.0. The highest BCUT2D eigenvalue weighted by atomic mass is 15.3.